The van der Waals surface area contributed by atoms with Crippen LogP contribution in [0.4, 0.5) is 0 Å². The van der Waals surface area contributed by atoms with E-state index in [1.165, 1.54) is 25.7 Å². The van der Waals surface area contributed by atoms with Gasteiger partial charge in [0.05, 0.1) is 0 Å². The van der Waals surface area contributed by atoms with E-state index in [1.807, 2.05) is 5.57 Å². The minimum absolute atomic E-state index is 0.425. The molecule has 0 aromatic rings. The van der Waals surface area contributed by atoms with Crippen molar-refractivity contribution in [2.75, 3.05) is 0 Å². The fourth-order valence-electron chi connectivity index (χ4n) is 5.63. The zero-order valence-electron chi connectivity index (χ0n) is 15.0. The molecular weight excluding hydrogens is 343 g/mol. The van der Waals surface area contributed by atoms with Gasteiger partial charge in [-0.3, -0.25) is 0 Å². The molecule has 1 fully saturated rings. The van der Waals surface area contributed by atoms with Crippen molar-refractivity contribution in [1.29, 1.82) is 0 Å². The zero-order chi connectivity index (χ0) is 16.0. The van der Waals surface area contributed by atoms with Crippen molar-refractivity contribution in [3.8, 4) is 0 Å². The molecule has 120 valence electrons. The number of hydrogen-bond acceptors (Lipinski definition) is 0. The first-order chi connectivity index (χ1) is 10.4. The Morgan fingerprint density at radius 1 is 1.18 bits per heavy atom. The Bertz CT molecular complexity index is 548. The summed E-state index contributed by atoms with van der Waals surface area (Å²) >= 11 is -2.48. The molecule has 0 saturated heterocycles. The summed E-state index contributed by atoms with van der Waals surface area (Å²) in [5.74, 6) is 1.67. The first-order valence-electron chi connectivity index (χ1n) is 9.12. The van der Waals surface area contributed by atoms with Crippen LogP contribution >= 0.6 is 0 Å². The summed E-state index contributed by atoms with van der Waals surface area (Å²) in [4.78, 5) is 0. The van der Waals surface area contributed by atoms with Crippen LogP contribution in [-0.2, 0) is 20.3 Å². The van der Waals surface area contributed by atoms with Gasteiger partial charge in [0, 0.05) is 0 Å². The molecule has 0 nitrogen and oxygen atoms in total. The van der Waals surface area contributed by atoms with Crippen molar-refractivity contribution in [3.05, 3.63) is 48.1 Å². The first-order valence-corrected chi connectivity index (χ1v) is 16.5. The van der Waals surface area contributed by atoms with Crippen LogP contribution in [-0.4, -0.2) is 0 Å². The van der Waals surface area contributed by atoms with Gasteiger partial charge >= 0.3 is 142 Å². The molecule has 0 N–H and O–H groups in total. The molecule has 0 radical (unpaired) electrons. The van der Waals surface area contributed by atoms with Crippen LogP contribution in [0.15, 0.2) is 48.1 Å². The van der Waals surface area contributed by atoms with E-state index < -0.39 is 20.3 Å². The minimum atomic E-state index is -2.48. The Hall–Kier alpha value is -0.157. The first kappa shape index (κ1) is 16.7. The molecule has 0 bridgehead atoms. The molecule has 0 amide bonds. The second kappa shape index (κ2) is 5.73. The fraction of sp³-hybridized carbons (Fsp3) is 0.619. The van der Waals surface area contributed by atoms with E-state index in [0.717, 1.165) is 11.8 Å². The molecule has 0 aliphatic heterocycles. The average Bonchev–Trinajstić information content (AvgIpc) is 3.06. The Balaban J connectivity index is 2.07. The zero-order valence-corrected chi connectivity index (χ0v) is 17.5. The van der Waals surface area contributed by atoms with Crippen molar-refractivity contribution in [1.82, 2.24) is 0 Å². The molecule has 22 heavy (non-hydrogen) atoms. The number of hydrogen-bond donors (Lipinski definition) is 0. The van der Waals surface area contributed by atoms with Crippen LogP contribution in [0, 0.1) is 11.8 Å². The van der Waals surface area contributed by atoms with Gasteiger partial charge in [-0.2, -0.15) is 0 Å². The number of fused-ring (bicyclic) bond motifs is 1. The van der Waals surface area contributed by atoms with Gasteiger partial charge in [-0.15, -0.1) is 0 Å². The molecule has 1 heteroatoms. The molecule has 0 heterocycles. The van der Waals surface area contributed by atoms with Gasteiger partial charge in [0.25, 0.3) is 0 Å². The van der Waals surface area contributed by atoms with E-state index in [-0.39, 0.29) is 0 Å². The van der Waals surface area contributed by atoms with Gasteiger partial charge in [-0.1, -0.05) is 0 Å². The topological polar surface area (TPSA) is 0 Å². The second-order valence-corrected chi connectivity index (χ2v) is 21.5. The van der Waals surface area contributed by atoms with Crippen LogP contribution in [0.5, 0.6) is 0 Å². The van der Waals surface area contributed by atoms with Gasteiger partial charge in [0.1, 0.15) is 0 Å². The summed E-state index contributed by atoms with van der Waals surface area (Å²) in [7, 11) is 0. The molecular formula is C21H32Zr. The van der Waals surface area contributed by atoms with Crippen molar-refractivity contribution in [3.63, 3.8) is 0 Å². The molecule has 3 aliphatic carbocycles. The number of allylic oxidation sites excluding steroid dienone is 8. The van der Waals surface area contributed by atoms with Gasteiger partial charge in [-0.05, 0) is 0 Å². The number of rotatable bonds is 4. The predicted molar refractivity (Wildman–Crippen MR) is 95.1 cm³/mol. The summed E-state index contributed by atoms with van der Waals surface area (Å²) in [5.41, 5.74) is 1.81. The van der Waals surface area contributed by atoms with E-state index in [9.17, 15) is 0 Å². The Morgan fingerprint density at radius 3 is 2.50 bits per heavy atom. The summed E-state index contributed by atoms with van der Waals surface area (Å²) in [6, 6.07) is 0. The quantitative estimate of drug-likeness (QED) is 0.494. The normalized spacial score (nSPS) is 35.8. The summed E-state index contributed by atoms with van der Waals surface area (Å²) < 4.78 is 6.39. The third kappa shape index (κ3) is 2.18. The standard InChI is InChI=1S/C11H15.C8H11.2CH3.Zr/c1-8-7-9(2)11-6-4-3-5-10(8)11;1-2-5-8-6-3-4-7-8;;;/h3-5,9,11H,6-7H2,1-2H3;3-4,6-7H,2,5H2,1H3;2*1H3;. The van der Waals surface area contributed by atoms with Crippen LogP contribution < -0.4 is 0 Å². The molecule has 0 spiro atoms. The van der Waals surface area contributed by atoms with E-state index in [0.29, 0.717) is 6.25 Å². The molecule has 0 aromatic heterocycles. The van der Waals surface area contributed by atoms with Crippen LogP contribution in [0.3, 0.4) is 0 Å². The monoisotopic (exact) mass is 374 g/mol. The van der Waals surface area contributed by atoms with E-state index in [4.69, 9.17) is 0 Å². The third-order valence-corrected chi connectivity index (χ3v) is 22.5. The molecule has 3 unspecified atom stereocenters. The maximum absolute atomic E-state index is 2.73. The van der Waals surface area contributed by atoms with Crippen molar-refractivity contribution in [2.45, 2.75) is 62.0 Å². The summed E-state index contributed by atoms with van der Waals surface area (Å²) in [5, 5.41) is 0. The molecule has 3 rings (SSSR count). The maximum atomic E-state index is 2.73. The summed E-state index contributed by atoms with van der Waals surface area (Å²) in [6.07, 6.45) is 22.4. The van der Waals surface area contributed by atoms with Gasteiger partial charge in [0.2, 0.25) is 0 Å². The van der Waals surface area contributed by atoms with E-state index >= 15 is 0 Å². The van der Waals surface area contributed by atoms with Gasteiger partial charge in [-0.25, -0.2) is 0 Å². The second-order valence-electron chi connectivity index (χ2n) is 8.54. The average molecular weight is 376 g/mol. The molecule has 1 saturated carbocycles. The molecule has 0 aromatic carbocycles. The van der Waals surface area contributed by atoms with Crippen molar-refractivity contribution in [2.24, 2.45) is 11.8 Å². The van der Waals surface area contributed by atoms with E-state index in [2.05, 4.69) is 72.6 Å². The SMILES string of the molecule is CCC[C]1([Zr]([CH3])([CH3])[C]2(C)CC(C)C3CC=CC=C32)C=CC=C1. The molecule has 3 atom stereocenters. The summed E-state index contributed by atoms with van der Waals surface area (Å²) in [6.45, 7) is 7.49. The third-order valence-electron chi connectivity index (χ3n) is 7.36. The van der Waals surface area contributed by atoms with Crippen LogP contribution in [0.2, 0.25) is 15.5 Å². The van der Waals surface area contributed by atoms with Gasteiger partial charge in [0.15, 0.2) is 0 Å². The van der Waals surface area contributed by atoms with Crippen LogP contribution in [0.25, 0.3) is 0 Å². The Kier molecular flexibility index (Phi) is 4.35. The van der Waals surface area contributed by atoms with Gasteiger partial charge < -0.3 is 0 Å². The van der Waals surface area contributed by atoms with Crippen molar-refractivity contribution < 1.29 is 20.3 Å². The van der Waals surface area contributed by atoms with E-state index in [1.54, 1.807) is 0 Å². The Morgan fingerprint density at radius 2 is 1.86 bits per heavy atom. The predicted octanol–water partition coefficient (Wildman–Crippen LogP) is 7.04. The van der Waals surface area contributed by atoms with Crippen LogP contribution in [0.1, 0.15) is 46.5 Å². The Labute approximate surface area is 141 Å². The fourth-order valence-corrected chi connectivity index (χ4v) is 17.3. The molecule has 3 aliphatic rings. The van der Waals surface area contributed by atoms with Crippen molar-refractivity contribution >= 4 is 0 Å².